The van der Waals surface area contributed by atoms with E-state index in [0.29, 0.717) is 5.54 Å². The van der Waals surface area contributed by atoms with Crippen molar-refractivity contribution in [1.29, 1.82) is 0 Å². The van der Waals surface area contributed by atoms with Crippen LogP contribution in [0, 0.1) is 17.8 Å². The molecule has 1 aliphatic heterocycles. The van der Waals surface area contributed by atoms with Crippen LogP contribution in [0.15, 0.2) is 29.3 Å². The van der Waals surface area contributed by atoms with Crippen molar-refractivity contribution in [2.75, 3.05) is 12.0 Å². The molecule has 5 aliphatic rings. The molecule has 1 aromatic carbocycles. The predicted octanol–water partition coefficient (Wildman–Crippen LogP) is 4.15. The first-order chi connectivity index (χ1) is 10.8. The molecule has 1 atom stereocenters. The first-order valence-electron chi connectivity index (χ1n) is 8.73. The Balaban J connectivity index is 1.62. The van der Waals surface area contributed by atoms with Gasteiger partial charge in [-0.15, -0.1) is 0 Å². The topological polar surface area (TPSA) is 24.8 Å². The number of hydrogen-bond acceptors (Lipinski definition) is 3. The minimum Gasteiger partial charge on any atom is -0.356 e. The first kappa shape index (κ1) is 13.1. The second kappa shape index (κ2) is 4.58. The second-order valence-electron chi connectivity index (χ2n) is 7.91. The van der Waals surface area contributed by atoms with Crippen molar-refractivity contribution in [1.82, 2.24) is 0 Å². The molecular formula is C19H24N2O. The number of aliphatic imine (C=N–C) groups is 1. The summed E-state index contributed by atoms with van der Waals surface area (Å²) in [7, 11) is 1.82. The van der Waals surface area contributed by atoms with Gasteiger partial charge < -0.3 is 9.64 Å². The van der Waals surface area contributed by atoms with Gasteiger partial charge in [-0.2, -0.15) is 0 Å². The number of anilines is 1. The fourth-order valence-electron chi connectivity index (χ4n) is 6.18. The Morgan fingerprint density at radius 2 is 1.68 bits per heavy atom. The van der Waals surface area contributed by atoms with Crippen molar-refractivity contribution >= 4 is 17.6 Å². The van der Waals surface area contributed by atoms with Gasteiger partial charge in [-0.05, 0) is 68.4 Å². The van der Waals surface area contributed by atoms with Crippen LogP contribution >= 0.6 is 0 Å². The third-order valence-electron chi connectivity index (χ3n) is 6.50. The van der Waals surface area contributed by atoms with Gasteiger partial charge in [-0.25, -0.2) is 0 Å². The maximum atomic E-state index is 5.83. The zero-order valence-corrected chi connectivity index (χ0v) is 13.2. The van der Waals surface area contributed by atoms with E-state index in [9.17, 15) is 0 Å². The minimum absolute atomic E-state index is 0.00819. The molecule has 3 heteroatoms. The quantitative estimate of drug-likeness (QED) is 0.819. The molecule has 116 valence electrons. The summed E-state index contributed by atoms with van der Waals surface area (Å²) in [4.78, 5) is 7.23. The average molecular weight is 296 g/mol. The highest BCUT2D eigenvalue weighted by molar-refractivity contribution is 5.84. The monoisotopic (exact) mass is 296 g/mol. The Bertz CT molecular complexity index is 588. The van der Waals surface area contributed by atoms with E-state index in [1.807, 2.05) is 13.3 Å². The number of ether oxygens (including phenoxy) is 1. The summed E-state index contributed by atoms with van der Waals surface area (Å²) in [5.74, 6) is 2.82. The predicted molar refractivity (Wildman–Crippen MR) is 88.8 cm³/mol. The van der Waals surface area contributed by atoms with Crippen LogP contribution in [0.2, 0.25) is 0 Å². The van der Waals surface area contributed by atoms with Crippen LogP contribution < -0.4 is 4.90 Å². The molecule has 22 heavy (non-hydrogen) atoms. The number of benzene rings is 1. The summed E-state index contributed by atoms with van der Waals surface area (Å²) in [5.41, 5.74) is 2.68. The van der Waals surface area contributed by atoms with Gasteiger partial charge in [-0.1, -0.05) is 12.1 Å². The van der Waals surface area contributed by atoms with Crippen LogP contribution in [0.3, 0.4) is 0 Å². The van der Waals surface area contributed by atoms with E-state index in [4.69, 9.17) is 4.74 Å². The normalized spacial score (nSPS) is 41.8. The van der Waals surface area contributed by atoms with E-state index < -0.39 is 0 Å². The van der Waals surface area contributed by atoms with E-state index in [-0.39, 0.29) is 6.23 Å². The van der Waals surface area contributed by atoms with Gasteiger partial charge in [0.15, 0.2) is 6.23 Å². The Morgan fingerprint density at radius 1 is 1.05 bits per heavy atom. The van der Waals surface area contributed by atoms with Crippen LogP contribution in [0.4, 0.5) is 11.4 Å². The number of rotatable bonds is 2. The molecule has 0 N–H and O–H groups in total. The first-order valence-corrected chi connectivity index (χ1v) is 8.73. The fraction of sp³-hybridized carbons (Fsp3) is 0.632. The van der Waals surface area contributed by atoms with Crippen molar-refractivity contribution < 1.29 is 4.74 Å². The molecule has 1 aromatic rings. The smallest absolute Gasteiger partial charge is 0.166 e. The van der Waals surface area contributed by atoms with Crippen LogP contribution in [0.5, 0.6) is 0 Å². The molecule has 0 amide bonds. The summed E-state index contributed by atoms with van der Waals surface area (Å²) in [6.45, 7) is 0. The highest BCUT2D eigenvalue weighted by Gasteiger charge is 2.55. The van der Waals surface area contributed by atoms with Crippen molar-refractivity contribution in [3.63, 3.8) is 0 Å². The largest absolute Gasteiger partial charge is 0.356 e. The van der Waals surface area contributed by atoms with Gasteiger partial charge in [0.25, 0.3) is 0 Å². The Morgan fingerprint density at radius 3 is 2.32 bits per heavy atom. The van der Waals surface area contributed by atoms with Crippen LogP contribution in [-0.4, -0.2) is 25.1 Å². The number of fused-ring (bicyclic) bond motifs is 1. The van der Waals surface area contributed by atoms with Gasteiger partial charge in [-0.3, -0.25) is 4.99 Å². The molecule has 0 spiro atoms. The number of nitrogens with zero attached hydrogens (tertiary/aromatic N) is 2. The highest BCUT2D eigenvalue weighted by atomic mass is 16.5. The standard InChI is InChI=1S/C19H24N2O/c1-22-18-12-20-16-4-2-3-5-17(16)21(18)19-9-13-6-14(10-19)8-15(7-13)11-19/h2-5,12-15,18H,6-11H2,1H3. The lowest BCUT2D eigenvalue weighted by Crippen LogP contribution is -2.64. The zero-order chi connectivity index (χ0) is 14.7. The third-order valence-corrected chi connectivity index (χ3v) is 6.50. The molecule has 4 bridgehead atoms. The molecule has 0 radical (unpaired) electrons. The fourth-order valence-corrected chi connectivity index (χ4v) is 6.18. The van der Waals surface area contributed by atoms with Gasteiger partial charge in [0.05, 0.1) is 17.6 Å². The number of hydrogen-bond donors (Lipinski definition) is 0. The van der Waals surface area contributed by atoms with E-state index in [0.717, 1.165) is 23.4 Å². The molecule has 0 saturated heterocycles. The molecule has 1 heterocycles. The Labute approximate surface area is 132 Å². The lowest BCUT2D eigenvalue weighted by Gasteiger charge is -2.62. The maximum Gasteiger partial charge on any atom is 0.166 e. The van der Waals surface area contributed by atoms with E-state index >= 15 is 0 Å². The molecular weight excluding hydrogens is 272 g/mol. The molecule has 4 aliphatic carbocycles. The summed E-state index contributed by atoms with van der Waals surface area (Å²) in [5, 5.41) is 0. The third kappa shape index (κ3) is 1.75. The molecule has 3 nitrogen and oxygen atoms in total. The molecule has 0 aromatic heterocycles. The molecule has 6 rings (SSSR count). The van der Waals surface area contributed by atoms with Gasteiger partial charge in [0.2, 0.25) is 0 Å². The molecule has 4 saturated carbocycles. The van der Waals surface area contributed by atoms with E-state index in [1.54, 1.807) is 0 Å². The van der Waals surface area contributed by atoms with Crippen LogP contribution in [0.25, 0.3) is 0 Å². The van der Waals surface area contributed by atoms with E-state index in [2.05, 4.69) is 34.2 Å². The average Bonchev–Trinajstić information content (AvgIpc) is 2.52. The van der Waals surface area contributed by atoms with Crippen LogP contribution in [-0.2, 0) is 4.74 Å². The molecule has 1 unspecified atom stereocenters. The Kier molecular flexibility index (Phi) is 2.73. The van der Waals surface area contributed by atoms with Crippen molar-refractivity contribution in [3.05, 3.63) is 24.3 Å². The molecule has 4 fully saturated rings. The number of methoxy groups -OCH3 is 1. The van der Waals surface area contributed by atoms with Crippen molar-refractivity contribution in [2.24, 2.45) is 22.7 Å². The zero-order valence-electron chi connectivity index (χ0n) is 13.2. The highest BCUT2D eigenvalue weighted by Crippen LogP contribution is 2.59. The summed E-state index contributed by atoms with van der Waals surface area (Å²) in [6, 6.07) is 8.59. The van der Waals surface area contributed by atoms with Gasteiger partial charge in [0, 0.05) is 12.6 Å². The SMILES string of the molecule is COC1C=Nc2ccccc2N1C12CC3CC(CC(C3)C1)C2. The van der Waals surface area contributed by atoms with Crippen molar-refractivity contribution in [3.8, 4) is 0 Å². The van der Waals surface area contributed by atoms with Crippen LogP contribution in [0.1, 0.15) is 38.5 Å². The maximum absolute atomic E-state index is 5.83. The lowest BCUT2D eigenvalue weighted by molar-refractivity contribution is -0.0208. The summed E-state index contributed by atoms with van der Waals surface area (Å²) >= 11 is 0. The summed E-state index contributed by atoms with van der Waals surface area (Å²) < 4.78 is 5.83. The van der Waals surface area contributed by atoms with E-state index in [1.165, 1.54) is 44.2 Å². The van der Waals surface area contributed by atoms with Gasteiger partial charge in [0.1, 0.15) is 0 Å². The van der Waals surface area contributed by atoms with Gasteiger partial charge >= 0.3 is 0 Å². The minimum atomic E-state index is -0.00819. The summed E-state index contributed by atoms with van der Waals surface area (Å²) in [6.07, 6.45) is 10.5. The lowest BCUT2D eigenvalue weighted by atomic mass is 9.52. The number of para-hydroxylation sites is 2. The Hall–Kier alpha value is -1.35. The van der Waals surface area contributed by atoms with Crippen molar-refractivity contribution in [2.45, 2.75) is 50.3 Å². The second-order valence-corrected chi connectivity index (χ2v) is 7.91.